The topological polar surface area (TPSA) is 59.4 Å². The van der Waals surface area contributed by atoms with Gasteiger partial charge in [0.2, 0.25) is 5.91 Å². The van der Waals surface area contributed by atoms with Gasteiger partial charge in [0.05, 0.1) is 19.3 Å². The Labute approximate surface area is 143 Å². The summed E-state index contributed by atoms with van der Waals surface area (Å²) < 4.78 is 7.23. The maximum absolute atomic E-state index is 12.1. The van der Waals surface area contributed by atoms with Crippen molar-refractivity contribution < 1.29 is 9.53 Å². The number of ether oxygens (including phenoxy) is 1. The number of carbonyl (C=O) groups is 1. The van der Waals surface area contributed by atoms with Gasteiger partial charge in [-0.15, -0.1) is 0 Å². The Bertz CT molecular complexity index is 667. The van der Waals surface area contributed by atoms with Crippen molar-refractivity contribution in [1.29, 1.82) is 0 Å². The number of methoxy groups -OCH3 is 1. The molecule has 0 aliphatic rings. The molecule has 0 bridgehead atoms. The molecule has 24 heavy (non-hydrogen) atoms. The Kier molecular flexibility index (Phi) is 6.37. The Morgan fingerprint density at radius 1 is 1.38 bits per heavy atom. The third-order valence-electron chi connectivity index (χ3n) is 3.94. The van der Waals surface area contributed by atoms with Crippen molar-refractivity contribution in [3.8, 4) is 5.75 Å². The van der Waals surface area contributed by atoms with Gasteiger partial charge in [0, 0.05) is 31.3 Å². The van der Waals surface area contributed by atoms with E-state index < -0.39 is 0 Å². The quantitative estimate of drug-likeness (QED) is 0.804. The van der Waals surface area contributed by atoms with E-state index in [0.29, 0.717) is 19.5 Å². The van der Waals surface area contributed by atoms with Gasteiger partial charge >= 0.3 is 0 Å². The van der Waals surface area contributed by atoms with E-state index >= 15 is 0 Å². The Morgan fingerprint density at radius 3 is 2.75 bits per heavy atom. The number of hydrogen-bond acceptors (Lipinski definition) is 4. The van der Waals surface area contributed by atoms with Crippen LogP contribution in [0.15, 0.2) is 36.7 Å². The van der Waals surface area contributed by atoms with E-state index in [1.807, 2.05) is 51.5 Å². The summed E-state index contributed by atoms with van der Waals surface area (Å²) in [6.45, 7) is 3.10. The van der Waals surface area contributed by atoms with Gasteiger partial charge in [-0.2, -0.15) is 5.10 Å². The van der Waals surface area contributed by atoms with Crippen LogP contribution in [-0.2, 0) is 11.3 Å². The van der Waals surface area contributed by atoms with E-state index in [1.165, 1.54) is 0 Å². The van der Waals surface area contributed by atoms with Crippen molar-refractivity contribution in [2.24, 2.45) is 0 Å². The lowest BCUT2D eigenvalue weighted by Gasteiger charge is -2.26. The molecule has 0 fully saturated rings. The summed E-state index contributed by atoms with van der Waals surface area (Å²) in [5.74, 6) is 0.849. The molecule has 0 aliphatic heterocycles. The zero-order valence-corrected chi connectivity index (χ0v) is 14.8. The van der Waals surface area contributed by atoms with Crippen LogP contribution >= 0.6 is 0 Å². The third kappa shape index (κ3) is 4.83. The number of aromatic nitrogens is 2. The van der Waals surface area contributed by atoms with Crippen LogP contribution in [0, 0.1) is 6.92 Å². The minimum Gasteiger partial charge on any atom is -0.496 e. The Balaban J connectivity index is 1.92. The standard InChI is InChI=1S/C18H26N4O2/c1-14-11-20-22(13-14)10-9-18(23)19-12-16(21(2)3)15-7-5-6-8-17(15)24-4/h5-8,11,13,16H,9-10,12H2,1-4H3,(H,19,23). The molecule has 0 saturated heterocycles. The van der Waals surface area contributed by atoms with Crippen LogP contribution in [0.1, 0.15) is 23.6 Å². The summed E-state index contributed by atoms with van der Waals surface area (Å²) in [6.07, 6.45) is 4.14. The van der Waals surface area contributed by atoms with Crippen molar-refractivity contribution in [2.45, 2.75) is 25.9 Å². The molecule has 1 amide bonds. The van der Waals surface area contributed by atoms with Crippen LogP contribution in [0.5, 0.6) is 5.75 Å². The molecule has 0 saturated carbocycles. The summed E-state index contributed by atoms with van der Waals surface area (Å²) in [6, 6.07) is 7.95. The minimum atomic E-state index is 0.0184. The molecule has 1 aromatic heterocycles. The molecule has 2 aromatic rings. The molecule has 0 aliphatic carbocycles. The molecule has 6 nitrogen and oxygen atoms in total. The number of para-hydroxylation sites is 1. The summed E-state index contributed by atoms with van der Waals surface area (Å²) >= 11 is 0. The first kappa shape index (κ1) is 18.0. The fourth-order valence-electron chi connectivity index (χ4n) is 2.62. The predicted octanol–water partition coefficient (Wildman–Crippen LogP) is 2.01. The summed E-state index contributed by atoms with van der Waals surface area (Å²) in [5, 5.41) is 7.21. The molecule has 2 rings (SSSR count). The molecule has 1 aromatic carbocycles. The molecule has 1 N–H and O–H groups in total. The largest absolute Gasteiger partial charge is 0.496 e. The number of nitrogens with zero attached hydrogens (tertiary/aromatic N) is 3. The number of likely N-dealkylation sites (N-methyl/N-ethyl adjacent to an activating group) is 1. The molecule has 6 heteroatoms. The van der Waals surface area contributed by atoms with Gasteiger partial charge in [-0.1, -0.05) is 18.2 Å². The highest BCUT2D eigenvalue weighted by atomic mass is 16.5. The number of aryl methyl sites for hydroxylation is 2. The number of rotatable bonds is 8. The number of carbonyl (C=O) groups excluding carboxylic acids is 1. The fourth-order valence-corrected chi connectivity index (χ4v) is 2.62. The van der Waals surface area contributed by atoms with Crippen molar-refractivity contribution >= 4 is 5.91 Å². The SMILES string of the molecule is COc1ccccc1C(CNC(=O)CCn1cc(C)cn1)N(C)C. The molecule has 130 valence electrons. The van der Waals surface area contributed by atoms with Gasteiger partial charge in [-0.3, -0.25) is 9.48 Å². The summed E-state index contributed by atoms with van der Waals surface area (Å²) in [4.78, 5) is 14.2. The van der Waals surface area contributed by atoms with Gasteiger partial charge < -0.3 is 15.0 Å². The monoisotopic (exact) mass is 330 g/mol. The molecule has 1 unspecified atom stereocenters. The first-order valence-electron chi connectivity index (χ1n) is 8.06. The van der Waals surface area contributed by atoms with Crippen LogP contribution in [0.3, 0.4) is 0 Å². The zero-order valence-electron chi connectivity index (χ0n) is 14.8. The van der Waals surface area contributed by atoms with Crippen molar-refractivity contribution in [3.05, 3.63) is 47.8 Å². The van der Waals surface area contributed by atoms with Gasteiger partial charge in [-0.05, 0) is 32.6 Å². The van der Waals surface area contributed by atoms with Crippen molar-refractivity contribution in [2.75, 3.05) is 27.7 Å². The van der Waals surface area contributed by atoms with Crippen LogP contribution in [0.25, 0.3) is 0 Å². The second-order valence-electron chi connectivity index (χ2n) is 6.06. The summed E-state index contributed by atoms with van der Waals surface area (Å²) in [5.41, 5.74) is 2.16. The average molecular weight is 330 g/mol. The highest BCUT2D eigenvalue weighted by molar-refractivity contribution is 5.75. The maximum atomic E-state index is 12.1. The smallest absolute Gasteiger partial charge is 0.221 e. The third-order valence-corrected chi connectivity index (χ3v) is 3.94. The Hall–Kier alpha value is -2.34. The lowest BCUT2D eigenvalue weighted by atomic mass is 10.0. The van der Waals surface area contributed by atoms with Crippen LogP contribution in [0.2, 0.25) is 0 Å². The van der Waals surface area contributed by atoms with Gasteiger partial charge in [0.25, 0.3) is 0 Å². The number of nitrogens with one attached hydrogen (secondary N) is 1. The highest BCUT2D eigenvalue weighted by Gasteiger charge is 2.18. The summed E-state index contributed by atoms with van der Waals surface area (Å²) in [7, 11) is 5.65. The average Bonchev–Trinajstić information content (AvgIpc) is 2.98. The van der Waals surface area contributed by atoms with Crippen LogP contribution < -0.4 is 10.1 Å². The van der Waals surface area contributed by atoms with Gasteiger partial charge in [-0.25, -0.2) is 0 Å². The number of benzene rings is 1. The minimum absolute atomic E-state index is 0.0184. The second kappa shape index (κ2) is 8.49. The lowest BCUT2D eigenvalue weighted by molar-refractivity contribution is -0.121. The van der Waals surface area contributed by atoms with Crippen LogP contribution in [0.4, 0.5) is 0 Å². The highest BCUT2D eigenvalue weighted by Crippen LogP contribution is 2.27. The Morgan fingerprint density at radius 2 is 2.12 bits per heavy atom. The van der Waals surface area contributed by atoms with Crippen molar-refractivity contribution in [1.82, 2.24) is 20.0 Å². The number of amides is 1. The molecule has 1 atom stereocenters. The van der Waals surface area contributed by atoms with Crippen LogP contribution in [-0.4, -0.2) is 48.3 Å². The second-order valence-corrected chi connectivity index (χ2v) is 6.06. The van der Waals surface area contributed by atoms with Gasteiger partial charge in [0.15, 0.2) is 0 Å². The molecule has 0 radical (unpaired) electrons. The maximum Gasteiger partial charge on any atom is 0.221 e. The van der Waals surface area contributed by atoms with Gasteiger partial charge in [0.1, 0.15) is 5.75 Å². The first-order valence-corrected chi connectivity index (χ1v) is 8.06. The first-order chi connectivity index (χ1) is 11.5. The lowest BCUT2D eigenvalue weighted by Crippen LogP contribution is -2.35. The molecule has 1 heterocycles. The van der Waals surface area contributed by atoms with Crippen molar-refractivity contribution in [3.63, 3.8) is 0 Å². The normalized spacial score (nSPS) is 12.2. The van der Waals surface area contributed by atoms with E-state index in [2.05, 4.69) is 15.3 Å². The fraction of sp³-hybridized carbons (Fsp3) is 0.444. The zero-order chi connectivity index (χ0) is 17.5. The van der Waals surface area contributed by atoms with E-state index in [-0.39, 0.29) is 11.9 Å². The van der Waals surface area contributed by atoms with E-state index in [0.717, 1.165) is 16.9 Å². The van der Waals surface area contributed by atoms with E-state index in [1.54, 1.807) is 18.0 Å². The molecule has 0 spiro atoms. The molecular weight excluding hydrogens is 304 g/mol. The molecular formula is C18H26N4O2. The number of hydrogen-bond donors (Lipinski definition) is 1. The van der Waals surface area contributed by atoms with E-state index in [9.17, 15) is 4.79 Å². The van der Waals surface area contributed by atoms with E-state index in [4.69, 9.17) is 4.74 Å². The predicted molar refractivity (Wildman–Crippen MR) is 94.0 cm³/mol.